The Hall–Kier alpha value is -1.59. The SMILES string of the molecule is CC(Cc1ccsc1)NC(=O)c1cnc(N)c(Cl)c1. The first-order valence-corrected chi connectivity index (χ1v) is 7.11. The summed E-state index contributed by atoms with van der Waals surface area (Å²) in [4.78, 5) is 15.9. The molecule has 2 aromatic rings. The summed E-state index contributed by atoms with van der Waals surface area (Å²) in [5, 5.41) is 7.29. The summed E-state index contributed by atoms with van der Waals surface area (Å²) < 4.78 is 0. The smallest absolute Gasteiger partial charge is 0.253 e. The van der Waals surface area contributed by atoms with Gasteiger partial charge < -0.3 is 11.1 Å². The zero-order valence-electron chi connectivity index (χ0n) is 10.4. The fourth-order valence-corrected chi connectivity index (χ4v) is 2.54. The third-order valence-corrected chi connectivity index (χ3v) is 3.67. The minimum absolute atomic E-state index is 0.0402. The first kappa shape index (κ1) is 13.8. The standard InChI is InChI=1S/C13H14ClN3OS/c1-8(4-9-2-3-19-7-9)17-13(18)10-5-11(14)12(15)16-6-10/h2-3,5-8H,4H2,1H3,(H2,15,16)(H,17,18). The van der Waals surface area contributed by atoms with Gasteiger partial charge in [0.05, 0.1) is 10.6 Å². The Kier molecular flexibility index (Phi) is 4.39. The second kappa shape index (κ2) is 6.04. The van der Waals surface area contributed by atoms with Gasteiger partial charge >= 0.3 is 0 Å². The Morgan fingerprint density at radius 3 is 3.05 bits per heavy atom. The lowest BCUT2D eigenvalue weighted by atomic mass is 10.1. The number of carbonyl (C=O) groups excluding carboxylic acids is 1. The van der Waals surface area contributed by atoms with Crippen LogP contribution in [0, 0.1) is 0 Å². The predicted octanol–water partition coefficient (Wildman–Crippen LogP) is 2.74. The Labute approximate surface area is 120 Å². The summed E-state index contributed by atoms with van der Waals surface area (Å²) in [5.74, 6) is 0.0293. The van der Waals surface area contributed by atoms with Crippen molar-refractivity contribution in [2.75, 3.05) is 5.73 Å². The number of pyridine rings is 1. The summed E-state index contributed by atoms with van der Waals surface area (Å²) >= 11 is 7.49. The van der Waals surface area contributed by atoms with E-state index in [9.17, 15) is 4.79 Å². The number of nitrogens with one attached hydrogen (secondary N) is 1. The maximum absolute atomic E-state index is 12.0. The fourth-order valence-electron chi connectivity index (χ4n) is 1.69. The highest BCUT2D eigenvalue weighted by Gasteiger charge is 2.12. The van der Waals surface area contributed by atoms with Crippen LogP contribution in [0.1, 0.15) is 22.8 Å². The van der Waals surface area contributed by atoms with Crippen molar-refractivity contribution in [2.24, 2.45) is 0 Å². The van der Waals surface area contributed by atoms with Crippen LogP contribution in [0.25, 0.3) is 0 Å². The van der Waals surface area contributed by atoms with Crippen LogP contribution in [0.2, 0.25) is 5.02 Å². The Morgan fingerprint density at radius 2 is 2.42 bits per heavy atom. The van der Waals surface area contributed by atoms with E-state index in [0.29, 0.717) is 5.56 Å². The molecule has 0 radical (unpaired) electrons. The number of rotatable bonds is 4. The number of nitrogen functional groups attached to an aromatic ring is 1. The molecule has 100 valence electrons. The molecule has 0 aliphatic rings. The van der Waals surface area contributed by atoms with Crippen molar-refractivity contribution < 1.29 is 4.79 Å². The maximum Gasteiger partial charge on any atom is 0.253 e. The minimum Gasteiger partial charge on any atom is -0.382 e. The highest BCUT2D eigenvalue weighted by molar-refractivity contribution is 7.07. The Bertz CT molecular complexity index is 571. The first-order chi connectivity index (χ1) is 9.06. The molecule has 3 N–H and O–H groups in total. The molecule has 0 saturated heterocycles. The van der Waals surface area contributed by atoms with Crippen molar-refractivity contribution >= 4 is 34.7 Å². The number of carbonyl (C=O) groups is 1. The zero-order valence-corrected chi connectivity index (χ0v) is 12.0. The second-order valence-corrected chi connectivity index (χ2v) is 5.49. The number of amides is 1. The molecule has 6 heteroatoms. The summed E-state index contributed by atoms with van der Waals surface area (Å²) in [6.45, 7) is 1.96. The molecule has 0 bridgehead atoms. The van der Waals surface area contributed by atoms with Gasteiger partial charge in [0, 0.05) is 12.2 Å². The van der Waals surface area contributed by atoms with Crippen molar-refractivity contribution in [1.29, 1.82) is 0 Å². The molecule has 4 nitrogen and oxygen atoms in total. The number of hydrogen-bond acceptors (Lipinski definition) is 4. The molecule has 0 saturated carbocycles. The third kappa shape index (κ3) is 3.68. The van der Waals surface area contributed by atoms with Crippen LogP contribution in [0.4, 0.5) is 5.82 Å². The minimum atomic E-state index is -0.197. The Morgan fingerprint density at radius 1 is 1.63 bits per heavy atom. The molecule has 1 atom stereocenters. The molecular formula is C13H14ClN3OS. The maximum atomic E-state index is 12.0. The second-order valence-electron chi connectivity index (χ2n) is 4.30. The van der Waals surface area contributed by atoms with E-state index in [2.05, 4.69) is 21.7 Å². The predicted molar refractivity (Wildman–Crippen MR) is 78.6 cm³/mol. The van der Waals surface area contributed by atoms with E-state index in [4.69, 9.17) is 17.3 Å². The van der Waals surface area contributed by atoms with Gasteiger partial charge in [-0.2, -0.15) is 11.3 Å². The number of halogens is 1. The van der Waals surface area contributed by atoms with Crippen LogP contribution in [-0.4, -0.2) is 16.9 Å². The van der Waals surface area contributed by atoms with E-state index in [1.54, 1.807) is 11.3 Å². The average molecular weight is 296 g/mol. The fraction of sp³-hybridized carbons (Fsp3) is 0.231. The van der Waals surface area contributed by atoms with Gasteiger partial charge in [0.2, 0.25) is 0 Å². The van der Waals surface area contributed by atoms with Crippen LogP contribution < -0.4 is 11.1 Å². The molecule has 0 aliphatic heterocycles. The zero-order chi connectivity index (χ0) is 13.8. The lowest BCUT2D eigenvalue weighted by Crippen LogP contribution is -2.34. The molecule has 0 aliphatic carbocycles. The van der Waals surface area contributed by atoms with Crippen LogP contribution in [0.15, 0.2) is 29.1 Å². The topological polar surface area (TPSA) is 68.0 Å². The first-order valence-electron chi connectivity index (χ1n) is 5.79. The molecule has 19 heavy (non-hydrogen) atoms. The molecule has 2 aromatic heterocycles. The number of nitrogens with two attached hydrogens (primary N) is 1. The molecule has 2 rings (SSSR count). The number of thiophene rings is 1. The van der Waals surface area contributed by atoms with E-state index >= 15 is 0 Å². The highest BCUT2D eigenvalue weighted by Crippen LogP contribution is 2.17. The van der Waals surface area contributed by atoms with Gasteiger partial charge in [0.15, 0.2) is 0 Å². The number of nitrogens with zero attached hydrogens (tertiary/aromatic N) is 1. The van der Waals surface area contributed by atoms with E-state index < -0.39 is 0 Å². The molecule has 2 heterocycles. The molecule has 1 amide bonds. The molecule has 0 spiro atoms. The van der Waals surface area contributed by atoms with Gasteiger partial charge in [0.25, 0.3) is 5.91 Å². The number of anilines is 1. The summed E-state index contributed by atoms with van der Waals surface area (Å²) in [6.07, 6.45) is 2.22. The molecular weight excluding hydrogens is 282 g/mol. The number of hydrogen-bond donors (Lipinski definition) is 2. The van der Waals surface area contributed by atoms with Crippen LogP contribution in [0.3, 0.4) is 0 Å². The summed E-state index contributed by atoms with van der Waals surface area (Å²) in [6, 6.07) is 3.62. The Balaban J connectivity index is 1.98. The lowest BCUT2D eigenvalue weighted by molar-refractivity contribution is 0.0940. The van der Waals surface area contributed by atoms with Crippen LogP contribution in [0.5, 0.6) is 0 Å². The van der Waals surface area contributed by atoms with E-state index in [1.165, 1.54) is 17.8 Å². The van der Waals surface area contributed by atoms with Gasteiger partial charge in [-0.1, -0.05) is 11.6 Å². The molecule has 0 fully saturated rings. The van der Waals surface area contributed by atoms with Gasteiger partial charge in [-0.05, 0) is 41.8 Å². The molecule has 0 aromatic carbocycles. The highest BCUT2D eigenvalue weighted by atomic mass is 35.5. The van der Waals surface area contributed by atoms with Crippen molar-refractivity contribution in [3.63, 3.8) is 0 Å². The van der Waals surface area contributed by atoms with Gasteiger partial charge in [0.1, 0.15) is 5.82 Å². The lowest BCUT2D eigenvalue weighted by Gasteiger charge is -2.13. The monoisotopic (exact) mass is 295 g/mol. The van der Waals surface area contributed by atoms with Crippen LogP contribution in [-0.2, 0) is 6.42 Å². The third-order valence-electron chi connectivity index (χ3n) is 2.63. The van der Waals surface area contributed by atoms with Crippen molar-refractivity contribution in [3.05, 3.63) is 45.2 Å². The van der Waals surface area contributed by atoms with E-state index in [0.717, 1.165) is 6.42 Å². The summed E-state index contributed by atoms with van der Waals surface area (Å²) in [5.41, 5.74) is 7.13. The van der Waals surface area contributed by atoms with Crippen molar-refractivity contribution in [1.82, 2.24) is 10.3 Å². The normalized spacial score (nSPS) is 12.1. The largest absolute Gasteiger partial charge is 0.382 e. The molecule has 1 unspecified atom stereocenters. The average Bonchev–Trinajstić information content (AvgIpc) is 2.85. The van der Waals surface area contributed by atoms with Gasteiger partial charge in [-0.15, -0.1) is 0 Å². The van der Waals surface area contributed by atoms with Gasteiger partial charge in [-0.3, -0.25) is 4.79 Å². The van der Waals surface area contributed by atoms with Crippen LogP contribution >= 0.6 is 22.9 Å². The quantitative estimate of drug-likeness (QED) is 0.911. The summed E-state index contributed by atoms with van der Waals surface area (Å²) in [7, 11) is 0. The van der Waals surface area contributed by atoms with Crippen molar-refractivity contribution in [2.45, 2.75) is 19.4 Å². The van der Waals surface area contributed by atoms with Gasteiger partial charge in [-0.25, -0.2) is 4.98 Å². The van der Waals surface area contributed by atoms with E-state index in [1.807, 2.05) is 12.3 Å². The number of aromatic nitrogens is 1. The van der Waals surface area contributed by atoms with E-state index in [-0.39, 0.29) is 22.8 Å². The van der Waals surface area contributed by atoms with Crippen molar-refractivity contribution in [3.8, 4) is 0 Å².